The van der Waals surface area contributed by atoms with Gasteiger partial charge in [0, 0.05) is 61.1 Å². The summed E-state index contributed by atoms with van der Waals surface area (Å²) in [6.45, 7) is 37.9. The number of hydrogen-bond donors (Lipinski definition) is 2. The van der Waals surface area contributed by atoms with Crippen molar-refractivity contribution in [3.05, 3.63) is 156 Å². The zero-order valence-corrected chi connectivity index (χ0v) is 67.7. The molecule has 2 N–H and O–H groups in total. The average Bonchev–Trinajstić information content (AvgIpc) is 1.56. The minimum absolute atomic E-state index is 0.0517. The van der Waals surface area contributed by atoms with Crippen LogP contribution in [0, 0.1) is 27.7 Å². The van der Waals surface area contributed by atoms with Crippen LogP contribution in [0.3, 0.4) is 0 Å². The molecule has 541 valence electrons. The number of halogens is 2. The van der Waals surface area contributed by atoms with Gasteiger partial charge in [0.25, 0.3) is 0 Å². The number of carboxylic acid groups (broad SMARTS) is 1. The molecule has 0 aromatic heterocycles. The number of carboxylic acids is 1. The Bertz CT molecular complexity index is 4330. The summed E-state index contributed by atoms with van der Waals surface area (Å²) in [5.41, 5.74) is 5.47. The number of ketones is 4. The quantitative estimate of drug-likeness (QED) is 0.0451. The number of fused-ring (bicyclic) bond motifs is 1. The van der Waals surface area contributed by atoms with Crippen LogP contribution in [0.2, 0.25) is 12.6 Å². The lowest BCUT2D eigenvalue weighted by molar-refractivity contribution is 0.00578. The molecule has 8 rings (SSSR count). The van der Waals surface area contributed by atoms with Crippen LogP contribution >= 0.6 is 43.6 Å². The molecule has 0 aliphatic carbocycles. The van der Waals surface area contributed by atoms with E-state index in [-0.39, 0.29) is 94.7 Å². The van der Waals surface area contributed by atoms with Crippen molar-refractivity contribution in [2.45, 2.75) is 190 Å². The summed E-state index contributed by atoms with van der Waals surface area (Å²) in [7, 11) is -13.9. The van der Waals surface area contributed by atoms with Gasteiger partial charge in [-0.1, -0.05) is 68.8 Å². The Hall–Kier alpha value is -5.37. The minimum atomic E-state index is -3.67. The average molecular weight is 1590 g/mol. The first-order valence-electron chi connectivity index (χ1n) is 30.7. The highest BCUT2D eigenvalue weighted by atomic mass is 79.9. The number of carbonyl (C=O) groups excluding carboxylic acids is 4. The summed E-state index contributed by atoms with van der Waals surface area (Å²) < 4.78 is 122. The lowest BCUT2D eigenvalue weighted by Crippen LogP contribution is -2.41. The summed E-state index contributed by atoms with van der Waals surface area (Å²) in [5.74, 6) is -2.04. The fourth-order valence-electron chi connectivity index (χ4n) is 9.92. The molecule has 2 fully saturated rings. The molecule has 2 saturated heterocycles. The molecule has 20 nitrogen and oxygen atoms in total. The van der Waals surface area contributed by atoms with Crippen LogP contribution in [0.15, 0.2) is 113 Å². The lowest BCUT2D eigenvalue weighted by atomic mass is 9.78. The Kier molecular flexibility index (Phi) is 32.8. The molecule has 0 unspecified atom stereocenters. The monoisotopic (exact) mass is 1590 g/mol. The maximum Gasteiger partial charge on any atom is 0.522 e. The lowest BCUT2D eigenvalue weighted by Gasteiger charge is -2.32. The molecule has 5 aromatic carbocycles. The molecule has 99 heavy (non-hydrogen) atoms. The normalized spacial score (nSPS) is 15.3. The van der Waals surface area contributed by atoms with Gasteiger partial charge in [-0.15, -0.1) is 18.3 Å². The van der Waals surface area contributed by atoms with Gasteiger partial charge in [0.1, 0.15) is 11.3 Å². The van der Waals surface area contributed by atoms with E-state index in [1.165, 1.54) is 58.8 Å². The van der Waals surface area contributed by atoms with Crippen LogP contribution in [0.25, 0.3) is 6.08 Å². The smallest absolute Gasteiger partial charge is 0.522 e. The maximum absolute atomic E-state index is 12.0. The highest BCUT2D eigenvalue weighted by molar-refractivity contribution is 9.10. The Balaban J connectivity index is 0.000000410. The fourth-order valence-corrected chi connectivity index (χ4v) is 15.1. The fraction of sp³-hybridized carbons (Fsp3) is 0.435. The largest absolute Gasteiger partial charge is 0.535 e. The standard InChI is InChI=1S/C18H27BO5S.C12H14O3S.C10H11BO6S.C10H11BrO3S.C10H11BrOS.C6H12BO2.C3H6/c1-12-14(8-9-15(25(7,21)22)16(12)13(2)20)10-11-19-23-17(3,4)18(5,6)24-19;1-5-10-6-7-11(16(4,14)15)12(8(10)2)9(3)13;1-18(15,16)7-3-2-6-4-5-11(14)17-9(6)8(7)10(12)13;1-6-8(11)4-5-9(15(3,13)14)10(6)7(2)12;1-6-8(11)4-5-9(13-3)10(6)7(2)12;1-5(2)6(3,4)9-7-8-5;1-3-2/h8-9H,10-11H2,1-7H3;5-7H,1H2,2-4H3;2-3,14H,4-5H2,1H3,(H,12,13);4-5H,1-3H3;4-5H,1-3H3;1-4H3;3H,1H2,2H3. The third kappa shape index (κ3) is 24.1. The molecular weight excluding hydrogens is 1500 g/mol. The number of aromatic carboxylic acids is 1. The van der Waals surface area contributed by atoms with Gasteiger partial charge in [-0.05, 0) is 231 Å². The Morgan fingerprint density at radius 2 is 0.929 bits per heavy atom. The van der Waals surface area contributed by atoms with E-state index in [1.54, 1.807) is 69.8 Å². The summed E-state index contributed by atoms with van der Waals surface area (Å²) in [6, 6.07) is 16.2. The van der Waals surface area contributed by atoms with E-state index >= 15 is 0 Å². The van der Waals surface area contributed by atoms with Gasteiger partial charge in [0.15, 0.2) is 62.5 Å². The van der Waals surface area contributed by atoms with Gasteiger partial charge in [0.05, 0.1) is 42.0 Å². The zero-order chi connectivity index (χ0) is 76.9. The van der Waals surface area contributed by atoms with Gasteiger partial charge in [-0.25, -0.2) is 38.5 Å². The Labute approximate surface area is 609 Å². The first-order valence-corrected chi connectivity index (χ1v) is 41.1. The van der Waals surface area contributed by atoms with E-state index in [4.69, 9.17) is 28.4 Å². The molecule has 30 heteroatoms. The summed E-state index contributed by atoms with van der Waals surface area (Å²) in [4.78, 5) is 58.5. The van der Waals surface area contributed by atoms with Crippen molar-refractivity contribution in [3.8, 4) is 5.75 Å². The number of thioether (sulfide) groups is 1. The topological polar surface area (TPSA) is 309 Å². The van der Waals surface area contributed by atoms with Gasteiger partial charge in [0.2, 0.25) is 0 Å². The van der Waals surface area contributed by atoms with Crippen LogP contribution in [-0.4, -0.2) is 149 Å². The van der Waals surface area contributed by atoms with E-state index in [0.717, 1.165) is 61.1 Å². The van der Waals surface area contributed by atoms with Crippen LogP contribution < -0.4 is 4.65 Å². The highest BCUT2D eigenvalue weighted by Crippen LogP contribution is 2.40. The summed E-state index contributed by atoms with van der Waals surface area (Å²) >= 11 is 8.29. The number of allylic oxidation sites excluding steroid dienone is 1. The van der Waals surface area contributed by atoms with Crippen molar-refractivity contribution in [2.75, 3.05) is 31.3 Å². The second-order valence-electron chi connectivity index (χ2n) is 25.5. The SMILES string of the molecule is C=CC.C=Cc1ccc(S(C)(=O)=O)c(C(C)=O)c1C.CC(=O)c1c(S(C)(=O)=O)ccc(Br)c1C.CC(=O)c1c(S(C)(=O)=O)ccc(CCB2OC(C)(C)C(C)(C)O2)c1C.CC1(C)O[B]OC1(C)C.CS(=O)(=O)c1ccc2c(c1C(=O)O)OB(O)CC2.CSc1ccc(Br)c(C)c1C(C)=O. The molecule has 0 spiro atoms. The van der Waals surface area contributed by atoms with Crippen molar-refractivity contribution in [1.82, 2.24) is 0 Å². The first kappa shape index (κ1) is 89.7. The van der Waals surface area contributed by atoms with Gasteiger partial charge in [-0.2, -0.15) is 0 Å². The highest BCUT2D eigenvalue weighted by Gasteiger charge is 2.51. The van der Waals surface area contributed by atoms with E-state index in [0.29, 0.717) is 47.7 Å². The van der Waals surface area contributed by atoms with Crippen molar-refractivity contribution in [2.24, 2.45) is 0 Å². The van der Waals surface area contributed by atoms with Crippen molar-refractivity contribution < 1.29 is 91.0 Å². The van der Waals surface area contributed by atoms with E-state index in [1.807, 2.05) is 87.6 Å². The number of hydrogen-bond acceptors (Lipinski definition) is 20. The third-order valence-electron chi connectivity index (χ3n) is 16.6. The van der Waals surface area contributed by atoms with Crippen LogP contribution in [0.5, 0.6) is 5.75 Å². The third-order valence-corrected chi connectivity index (χ3v) is 23.6. The minimum Gasteiger partial charge on any atom is -0.535 e. The van der Waals surface area contributed by atoms with Crippen molar-refractivity contribution in [1.29, 1.82) is 0 Å². The van der Waals surface area contributed by atoms with Crippen molar-refractivity contribution >= 4 is 140 Å². The molecule has 1 radical (unpaired) electrons. The molecule has 3 heterocycles. The molecule has 3 aliphatic heterocycles. The molecule has 0 amide bonds. The van der Waals surface area contributed by atoms with E-state index in [2.05, 4.69) is 45.0 Å². The molecule has 3 aliphatic rings. The van der Waals surface area contributed by atoms with Gasteiger partial charge in [-0.3, -0.25) is 19.2 Å². The summed E-state index contributed by atoms with van der Waals surface area (Å²) in [5, 5.41) is 18.5. The Morgan fingerprint density at radius 3 is 1.30 bits per heavy atom. The van der Waals surface area contributed by atoms with Crippen LogP contribution in [-0.2, 0) is 70.8 Å². The van der Waals surface area contributed by atoms with E-state index in [9.17, 15) is 62.7 Å². The van der Waals surface area contributed by atoms with Gasteiger partial charge < -0.3 is 33.4 Å². The van der Waals surface area contributed by atoms with Gasteiger partial charge >= 0.3 is 27.9 Å². The number of Topliss-reactive ketones (excluding diaryl/α,β-unsaturated/α-hetero) is 4. The first-order chi connectivity index (χ1) is 45.0. The number of carbonyl (C=O) groups is 5. The number of benzene rings is 5. The second-order valence-corrected chi connectivity index (χ2v) is 36.0. The maximum atomic E-state index is 12.0. The number of aryl methyl sites for hydroxylation is 2. The molecule has 0 atom stereocenters. The molecule has 0 bridgehead atoms. The predicted octanol–water partition coefficient (Wildman–Crippen LogP) is 14.0. The summed E-state index contributed by atoms with van der Waals surface area (Å²) in [6.07, 6.45) is 11.7. The molecule has 5 aromatic rings. The number of rotatable bonds is 14. The predicted molar refractivity (Wildman–Crippen MR) is 402 cm³/mol. The van der Waals surface area contributed by atoms with Crippen molar-refractivity contribution in [3.63, 3.8) is 0 Å². The molecular formula is C69H92B3Br2O20S5. The Morgan fingerprint density at radius 1 is 0.566 bits per heavy atom. The van der Waals surface area contributed by atoms with Crippen LogP contribution in [0.1, 0.15) is 181 Å². The van der Waals surface area contributed by atoms with E-state index < -0.39 is 58.0 Å². The second kappa shape index (κ2) is 36.2. The zero-order valence-electron chi connectivity index (χ0n) is 60.4. The molecule has 0 saturated carbocycles. The number of sulfone groups is 4. The van der Waals surface area contributed by atoms with Crippen LogP contribution in [0.4, 0.5) is 0 Å².